The Labute approximate surface area is 134 Å². The zero-order valence-electron chi connectivity index (χ0n) is 12.7. The quantitative estimate of drug-likeness (QED) is 0.909. The molecule has 6 nitrogen and oxygen atoms in total. The first-order valence-corrected chi connectivity index (χ1v) is 7.63. The Bertz CT molecular complexity index is 676. The van der Waals surface area contributed by atoms with Crippen LogP contribution in [0.15, 0.2) is 48.9 Å². The Kier molecular flexibility index (Phi) is 4.61. The number of likely N-dealkylation sites (tertiary alicyclic amines) is 1. The summed E-state index contributed by atoms with van der Waals surface area (Å²) in [5.74, 6) is -0.154. The van der Waals surface area contributed by atoms with Crippen LogP contribution in [0, 0.1) is 0 Å². The monoisotopic (exact) mass is 310 g/mol. The van der Waals surface area contributed by atoms with Gasteiger partial charge in [0.25, 0.3) is 5.91 Å². The fourth-order valence-corrected chi connectivity index (χ4v) is 2.69. The minimum Gasteiger partial charge on any atom is -0.342 e. The van der Waals surface area contributed by atoms with Crippen molar-refractivity contribution in [2.24, 2.45) is 0 Å². The molecule has 23 heavy (non-hydrogen) atoms. The molecule has 0 aliphatic carbocycles. The maximum atomic E-state index is 12.4. The first-order chi connectivity index (χ1) is 11.2. The van der Waals surface area contributed by atoms with Gasteiger partial charge >= 0.3 is 0 Å². The van der Waals surface area contributed by atoms with Crippen molar-refractivity contribution in [3.05, 3.63) is 60.2 Å². The van der Waals surface area contributed by atoms with Gasteiger partial charge in [0, 0.05) is 31.9 Å². The molecule has 1 aliphatic rings. The average molecular weight is 310 g/mol. The number of hydrogen-bond acceptors (Lipinski definition) is 4. The number of rotatable bonds is 5. The Morgan fingerprint density at radius 1 is 1.26 bits per heavy atom. The number of nitrogens with one attached hydrogen (secondary N) is 1. The molecule has 3 rings (SSSR count). The van der Waals surface area contributed by atoms with Crippen molar-refractivity contribution in [3.8, 4) is 0 Å². The predicted molar refractivity (Wildman–Crippen MR) is 84.5 cm³/mol. The van der Waals surface area contributed by atoms with Crippen molar-refractivity contribution in [1.29, 1.82) is 0 Å². The highest BCUT2D eigenvalue weighted by atomic mass is 16.2. The van der Waals surface area contributed by atoms with Gasteiger partial charge in [0.1, 0.15) is 5.69 Å². The Balaban J connectivity index is 1.78. The van der Waals surface area contributed by atoms with E-state index in [1.807, 2.05) is 30.3 Å². The van der Waals surface area contributed by atoms with E-state index >= 15 is 0 Å². The average Bonchev–Trinajstić information content (AvgIpc) is 3.00. The van der Waals surface area contributed by atoms with E-state index in [4.69, 9.17) is 0 Å². The zero-order valence-corrected chi connectivity index (χ0v) is 12.7. The van der Waals surface area contributed by atoms with Gasteiger partial charge in [-0.25, -0.2) is 4.98 Å². The lowest BCUT2D eigenvalue weighted by Crippen LogP contribution is -2.38. The first kappa shape index (κ1) is 15.1. The van der Waals surface area contributed by atoms with Crippen LogP contribution in [0.25, 0.3) is 0 Å². The van der Waals surface area contributed by atoms with Gasteiger partial charge in [0.05, 0.1) is 12.2 Å². The second-order valence-electron chi connectivity index (χ2n) is 5.47. The summed E-state index contributed by atoms with van der Waals surface area (Å²) in [5, 5.41) is 2.96. The minimum absolute atomic E-state index is 0.139. The van der Waals surface area contributed by atoms with Crippen molar-refractivity contribution in [3.63, 3.8) is 0 Å². The van der Waals surface area contributed by atoms with Gasteiger partial charge in [0.2, 0.25) is 5.91 Å². The molecule has 2 heterocycles. The zero-order chi connectivity index (χ0) is 16.1. The molecule has 0 spiro atoms. The lowest BCUT2D eigenvalue weighted by molar-refractivity contribution is -0.128. The molecule has 1 atom stereocenters. The molecule has 1 aromatic heterocycles. The van der Waals surface area contributed by atoms with Crippen molar-refractivity contribution in [2.45, 2.75) is 18.9 Å². The number of benzene rings is 1. The summed E-state index contributed by atoms with van der Waals surface area (Å²) in [4.78, 5) is 34.0. The molecule has 2 aromatic rings. The maximum Gasteiger partial charge on any atom is 0.272 e. The van der Waals surface area contributed by atoms with Gasteiger partial charge < -0.3 is 10.2 Å². The van der Waals surface area contributed by atoms with E-state index < -0.39 is 0 Å². The van der Waals surface area contributed by atoms with E-state index in [1.54, 1.807) is 4.90 Å². The molecular formula is C17H18N4O2. The van der Waals surface area contributed by atoms with Crippen LogP contribution in [-0.2, 0) is 4.79 Å². The van der Waals surface area contributed by atoms with Crippen LogP contribution in [0.5, 0.6) is 0 Å². The van der Waals surface area contributed by atoms with Crippen LogP contribution < -0.4 is 5.32 Å². The Morgan fingerprint density at radius 2 is 2.09 bits per heavy atom. The number of carbonyl (C=O) groups is 2. The van der Waals surface area contributed by atoms with Gasteiger partial charge in [-0.3, -0.25) is 14.6 Å². The topological polar surface area (TPSA) is 75.2 Å². The van der Waals surface area contributed by atoms with Crippen LogP contribution in [0.1, 0.15) is 34.9 Å². The molecule has 1 N–H and O–H groups in total. The molecule has 0 radical (unpaired) electrons. The van der Waals surface area contributed by atoms with E-state index in [1.165, 1.54) is 18.6 Å². The van der Waals surface area contributed by atoms with Crippen molar-refractivity contribution in [1.82, 2.24) is 20.2 Å². The molecule has 0 saturated carbocycles. The van der Waals surface area contributed by atoms with Gasteiger partial charge in [-0.1, -0.05) is 30.3 Å². The molecule has 1 unspecified atom stereocenters. The lowest BCUT2D eigenvalue weighted by atomic mass is 10.1. The first-order valence-electron chi connectivity index (χ1n) is 7.63. The molecular weight excluding hydrogens is 292 g/mol. The maximum absolute atomic E-state index is 12.4. The fraction of sp³-hybridized carbons (Fsp3) is 0.294. The molecule has 2 amide bonds. The second kappa shape index (κ2) is 7.00. The molecule has 1 aliphatic heterocycles. The Hall–Kier alpha value is -2.76. The third-order valence-corrected chi connectivity index (χ3v) is 3.88. The summed E-state index contributed by atoms with van der Waals surface area (Å²) >= 11 is 0. The van der Waals surface area contributed by atoms with E-state index in [-0.39, 0.29) is 23.6 Å². The van der Waals surface area contributed by atoms with Crippen LogP contribution in [0.4, 0.5) is 0 Å². The summed E-state index contributed by atoms with van der Waals surface area (Å²) in [5.41, 5.74) is 1.23. The van der Waals surface area contributed by atoms with Gasteiger partial charge in [-0.2, -0.15) is 0 Å². The number of aromatic nitrogens is 2. The smallest absolute Gasteiger partial charge is 0.272 e. The molecule has 1 aromatic carbocycles. The van der Waals surface area contributed by atoms with E-state index in [0.717, 1.165) is 18.5 Å². The fourth-order valence-electron chi connectivity index (χ4n) is 2.69. The molecule has 1 fully saturated rings. The third kappa shape index (κ3) is 3.71. The molecule has 1 saturated heterocycles. The highest BCUT2D eigenvalue weighted by Gasteiger charge is 2.25. The van der Waals surface area contributed by atoms with E-state index in [2.05, 4.69) is 15.3 Å². The molecule has 0 bridgehead atoms. The standard InChI is InChI=1S/C17H18N4O2/c22-16-7-4-10-21(16)12-15(13-5-2-1-3-6-13)20-17(23)14-11-18-8-9-19-14/h1-3,5-6,8-9,11,15H,4,7,10,12H2,(H,20,23). The van der Waals surface area contributed by atoms with Crippen LogP contribution in [0.2, 0.25) is 0 Å². The number of amides is 2. The SMILES string of the molecule is O=C(NC(CN1CCCC1=O)c1ccccc1)c1cnccn1. The summed E-state index contributed by atoms with van der Waals surface area (Å²) in [7, 11) is 0. The summed E-state index contributed by atoms with van der Waals surface area (Å²) in [6.45, 7) is 1.21. The van der Waals surface area contributed by atoms with Gasteiger partial charge in [0.15, 0.2) is 0 Å². The van der Waals surface area contributed by atoms with Crippen LogP contribution >= 0.6 is 0 Å². The number of nitrogens with zero attached hydrogens (tertiary/aromatic N) is 3. The number of hydrogen-bond donors (Lipinski definition) is 1. The van der Waals surface area contributed by atoms with Crippen molar-refractivity contribution < 1.29 is 9.59 Å². The second-order valence-corrected chi connectivity index (χ2v) is 5.47. The summed E-state index contributed by atoms with van der Waals surface area (Å²) in [6.07, 6.45) is 5.89. The van der Waals surface area contributed by atoms with Crippen LogP contribution in [-0.4, -0.2) is 39.8 Å². The summed E-state index contributed by atoms with van der Waals surface area (Å²) < 4.78 is 0. The van der Waals surface area contributed by atoms with Crippen molar-refractivity contribution in [2.75, 3.05) is 13.1 Å². The van der Waals surface area contributed by atoms with Crippen molar-refractivity contribution >= 4 is 11.8 Å². The van der Waals surface area contributed by atoms with Gasteiger partial charge in [-0.15, -0.1) is 0 Å². The highest BCUT2D eigenvalue weighted by molar-refractivity contribution is 5.92. The number of carbonyl (C=O) groups excluding carboxylic acids is 2. The largest absolute Gasteiger partial charge is 0.342 e. The molecule has 6 heteroatoms. The van der Waals surface area contributed by atoms with E-state index in [9.17, 15) is 9.59 Å². The normalized spacial score (nSPS) is 15.5. The Morgan fingerprint density at radius 3 is 2.74 bits per heavy atom. The van der Waals surface area contributed by atoms with Crippen LogP contribution in [0.3, 0.4) is 0 Å². The predicted octanol–water partition coefficient (Wildman–Crippen LogP) is 1.57. The third-order valence-electron chi connectivity index (χ3n) is 3.88. The lowest BCUT2D eigenvalue weighted by Gasteiger charge is -2.25. The summed E-state index contributed by atoms with van der Waals surface area (Å²) in [6, 6.07) is 9.38. The van der Waals surface area contributed by atoms with Gasteiger partial charge in [-0.05, 0) is 12.0 Å². The molecule has 118 valence electrons. The highest BCUT2D eigenvalue weighted by Crippen LogP contribution is 2.18. The van der Waals surface area contributed by atoms with E-state index in [0.29, 0.717) is 13.0 Å². The minimum atomic E-state index is -0.293.